The Morgan fingerprint density at radius 2 is 1.42 bits per heavy atom. The molecule has 15 heteroatoms. The summed E-state index contributed by atoms with van der Waals surface area (Å²) in [7, 11) is 0. The average molecular weight is 910 g/mol. The average Bonchev–Trinajstić information content (AvgIpc) is 3.26. The highest BCUT2D eigenvalue weighted by Gasteiger charge is 2.78. The van der Waals surface area contributed by atoms with E-state index in [0.29, 0.717) is 5.56 Å². The van der Waals surface area contributed by atoms with Crippen LogP contribution >= 0.6 is 0 Å². The van der Waals surface area contributed by atoms with Gasteiger partial charge < -0.3 is 49.1 Å². The number of aliphatic hydroxyl groups is 3. The molecule has 2 bridgehead atoms. The predicted octanol–water partition coefficient (Wildman–Crippen LogP) is 5.48. The number of esters is 4. The Labute approximate surface area is 384 Å². The van der Waals surface area contributed by atoms with Crippen molar-refractivity contribution in [1.82, 2.24) is 5.32 Å². The van der Waals surface area contributed by atoms with Gasteiger partial charge in [0.1, 0.15) is 41.7 Å². The molecule has 4 N–H and O–H groups in total. The Hall–Kier alpha value is -5.87. The third kappa shape index (κ3) is 8.42. The number of nitrogens with one attached hydrogen (secondary N) is 1. The second-order valence-corrected chi connectivity index (χ2v) is 19.5. The first-order chi connectivity index (χ1) is 31.0. The Morgan fingerprint density at radius 1 is 0.864 bits per heavy atom. The number of ether oxygens (including phenoxy) is 6. The van der Waals surface area contributed by atoms with Crippen LogP contribution in [0.2, 0.25) is 0 Å². The molecule has 0 aromatic heterocycles. The van der Waals surface area contributed by atoms with Gasteiger partial charge in [0.05, 0.1) is 35.2 Å². The normalized spacial score (nSPS) is 30.9. The molecule has 15 nitrogen and oxygen atoms in total. The van der Waals surface area contributed by atoms with E-state index in [9.17, 15) is 29.7 Å². The minimum atomic E-state index is -2.38. The van der Waals surface area contributed by atoms with Crippen molar-refractivity contribution in [3.05, 3.63) is 131 Å². The number of ketones is 1. The molecule has 66 heavy (non-hydrogen) atoms. The second kappa shape index (κ2) is 17.7. The number of benzene rings is 3. The number of Topliss-reactive ketones (excluding diaryl/α,β-unsaturated/α-hetero) is 1. The van der Waals surface area contributed by atoms with Crippen LogP contribution in [-0.4, -0.2) is 105 Å². The Morgan fingerprint density at radius 3 is 1.95 bits per heavy atom. The fraction of sp³-hybridized carbons (Fsp3) is 0.471. The summed E-state index contributed by atoms with van der Waals surface area (Å²) >= 11 is 0. The van der Waals surface area contributed by atoms with E-state index in [1.807, 2.05) is 0 Å². The van der Waals surface area contributed by atoms with Crippen molar-refractivity contribution in [3.8, 4) is 0 Å². The quantitative estimate of drug-likeness (QED) is 0.0767. The minimum absolute atomic E-state index is 0.0432. The zero-order valence-corrected chi connectivity index (χ0v) is 38.4. The van der Waals surface area contributed by atoms with Gasteiger partial charge in [-0.1, -0.05) is 80.6 Å². The van der Waals surface area contributed by atoms with Gasteiger partial charge in [0.15, 0.2) is 17.3 Å². The van der Waals surface area contributed by atoms with Crippen molar-refractivity contribution in [3.63, 3.8) is 0 Å². The number of hydrogen-bond donors (Lipinski definition) is 4. The van der Waals surface area contributed by atoms with Crippen molar-refractivity contribution in [2.24, 2.45) is 16.7 Å². The first-order valence-electron chi connectivity index (χ1n) is 22.0. The molecular formula is C51H59NO14. The smallest absolute Gasteiger partial charge is 0.350 e. The standard InChI is InChI=1S/C51H59NO14/c1-28-34(62-46(59)40(63-44(57)32-21-15-11-16-22-32)38(31-19-13-10-14-20-31)52-29(2)65-47(4,5)6)26-51(60)43(64-45(58)33-23-17-12-18-24-33)41-49(9,42(56)39(55)37(28)48(51,7)8)35(54)25-36-50(41,27-61-36)66-30(3)53/h10-24,34-36,38-41,43,52,54-55,60H,2,25-27H2,1,3-9H3/t34-,35-,36+,38-,39+,40+,41?,43-,49+,50-,51+/m0/s1. The largest absolute Gasteiger partial charge is 0.474 e. The van der Waals surface area contributed by atoms with Gasteiger partial charge in [-0.2, -0.15) is 0 Å². The molecule has 0 amide bonds. The van der Waals surface area contributed by atoms with Gasteiger partial charge >= 0.3 is 23.9 Å². The Kier molecular flexibility index (Phi) is 12.9. The lowest BCUT2D eigenvalue weighted by molar-refractivity contribution is -0.346. The van der Waals surface area contributed by atoms with Gasteiger partial charge in [-0.25, -0.2) is 14.4 Å². The monoisotopic (exact) mass is 909 g/mol. The zero-order chi connectivity index (χ0) is 48.1. The summed E-state index contributed by atoms with van der Waals surface area (Å²) in [6.45, 7) is 16.4. The second-order valence-electron chi connectivity index (χ2n) is 19.5. The van der Waals surface area contributed by atoms with Crippen LogP contribution in [-0.2, 0) is 42.8 Å². The van der Waals surface area contributed by atoms with Crippen LogP contribution in [0.25, 0.3) is 0 Å². The summed E-state index contributed by atoms with van der Waals surface area (Å²) in [6.07, 6.45) is -10.4. The summed E-state index contributed by atoms with van der Waals surface area (Å²) in [5.74, 6) is -6.06. The molecule has 1 saturated heterocycles. The maximum atomic E-state index is 15.2. The van der Waals surface area contributed by atoms with E-state index in [1.54, 1.807) is 108 Å². The summed E-state index contributed by atoms with van der Waals surface area (Å²) < 4.78 is 36.8. The lowest BCUT2D eigenvalue weighted by Crippen LogP contribution is -2.81. The molecule has 352 valence electrons. The molecule has 1 aliphatic heterocycles. The van der Waals surface area contributed by atoms with Gasteiger partial charge in [0, 0.05) is 25.2 Å². The van der Waals surface area contributed by atoms with Crippen LogP contribution in [0.3, 0.4) is 0 Å². The molecule has 3 fully saturated rings. The molecule has 3 aromatic rings. The van der Waals surface area contributed by atoms with Gasteiger partial charge in [0.25, 0.3) is 0 Å². The zero-order valence-electron chi connectivity index (χ0n) is 38.4. The van der Waals surface area contributed by atoms with Crippen molar-refractivity contribution >= 4 is 29.7 Å². The molecule has 3 aliphatic carbocycles. The van der Waals surface area contributed by atoms with Gasteiger partial charge in [-0.15, -0.1) is 0 Å². The topological polar surface area (TPSA) is 213 Å². The maximum Gasteiger partial charge on any atom is 0.350 e. The fourth-order valence-electron chi connectivity index (χ4n) is 10.6. The lowest BCUT2D eigenvalue weighted by Gasteiger charge is -2.67. The highest BCUT2D eigenvalue weighted by atomic mass is 16.6. The first-order valence-corrected chi connectivity index (χ1v) is 22.0. The highest BCUT2D eigenvalue weighted by Crippen LogP contribution is 2.64. The van der Waals surface area contributed by atoms with E-state index in [0.717, 1.165) is 0 Å². The van der Waals surface area contributed by atoms with Crippen molar-refractivity contribution in [1.29, 1.82) is 0 Å². The van der Waals surface area contributed by atoms with E-state index in [-0.39, 0.29) is 41.2 Å². The molecule has 11 atom stereocenters. The van der Waals surface area contributed by atoms with Gasteiger partial charge in [-0.3, -0.25) is 9.59 Å². The van der Waals surface area contributed by atoms with Crippen LogP contribution in [0.5, 0.6) is 0 Å². The van der Waals surface area contributed by atoms with E-state index in [4.69, 9.17) is 28.4 Å². The first kappa shape index (κ1) is 48.1. The molecule has 3 aromatic carbocycles. The number of aliphatic hydroxyl groups excluding tert-OH is 2. The fourth-order valence-corrected chi connectivity index (χ4v) is 10.6. The van der Waals surface area contributed by atoms with E-state index >= 15 is 9.59 Å². The van der Waals surface area contributed by atoms with Crippen LogP contribution in [0, 0.1) is 16.7 Å². The number of hydrogen-bond acceptors (Lipinski definition) is 15. The third-order valence-corrected chi connectivity index (χ3v) is 13.9. The van der Waals surface area contributed by atoms with Crippen LogP contribution in [0.1, 0.15) is 101 Å². The Bertz CT molecular complexity index is 2400. The van der Waals surface area contributed by atoms with Crippen LogP contribution < -0.4 is 5.32 Å². The van der Waals surface area contributed by atoms with Crippen LogP contribution in [0.15, 0.2) is 115 Å². The highest BCUT2D eigenvalue weighted by molar-refractivity contribution is 5.94. The SMILES string of the molecule is C=C(N[C@@H](c1ccccc1)[C@@H](OC(=O)c1ccccc1)C(=O)O[C@H]1C[C@@]2(O)[C@@H](OC(=O)c3ccccc3)C3[C@](C)(C(=O)[C@H](O)C(=C1C)C2(C)C)[C@@H](O)C[C@H]1OC[C@@]31OC(C)=O)OC(C)(C)C. The number of fused-ring (bicyclic) bond motifs is 5. The molecule has 7 rings (SSSR count). The molecule has 1 unspecified atom stereocenters. The molecule has 0 spiro atoms. The van der Waals surface area contributed by atoms with Crippen molar-refractivity contribution in [2.75, 3.05) is 6.61 Å². The molecular weight excluding hydrogens is 851 g/mol. The summed E-state index contributed by atoms with van der Waals surface area (Å²) in [5.41, 5.74) is -7.73. The molecule has 2 saturated carbocycles. The summed E-state index contributed by atoms with van der Waals surface area (Å²) in [6, 6.07) is 23.4. The van der Waals surface area contributed by atoms with Crippen molar-refractivity contribution < 1.29 is 67.7 Å². The van der Waals surface area contributed by atoms with Gasteiger partial charge in [0.2, 0.25) is 6.10 Å². The van der Waals surface area contributed by atoms with Crippen molar-refractivity contribution in [2.45, 2.75) is 128 Å². The third-order valence-electron chi connectivity index (χ3n) is 13.9. The predicted molar refractivity (Wildman–Crippen MR) is 237 cm³/mol. The van der Waals surface area contributed by atoms with E-state index in [1.165, 1.54) is 38.1 Å². The number of rotatable bonds is 12. The Balaban J connectivity index is 1.39. The summed E-state index contributed by atoms with van der Waals surface area (Å²) in [5, 5.41) is 41.3. The maximum absolute atomic E-state index is 15.2. The molecule has 1 heterocycles. The van der Waals surface area contributed by atoms with E-state index in [2.05, 4.69) is 11.9 Å². The molecule has 4 aliphatic rings. The molecule has 0 radical (unpaired) electrons. The lowest BCUT2D eigenvalue weighted by atomic mass is 9.44. The van der Waals surface area contributed by atoms with Crippen LogP contribution in [0.4, 0.5) is 0 Å². The minimum Gasteiger partial charge on any atom is -0.474 e. The van der Waals surface area contributed by atoms with E-state index < -0.39 is 112 Å². The summed E-state index contributed by atoms with van der Waals surface area (Å²) in [4.78, 5) is 71.6. The number of carbonyl (C=O) groups is 5. The van der Waals surface area contributed by atoms with Gasteiger partial charge in [-0.05, 0) is 82.2 Å². The number of carbonyl (C=O) groups excluding carboxylic acids is 5.